The standard InChI is InChI=1S/C20H32F3NO2S/c21-20(22,23)27-24-7-5-3-1-2-4-6-8-26-18(25)19-12-15-9-16(13-19)11-17(10-15)14-19/h15-17,24H,1-14H2. The van der Waals surface area contributed by atoms with E-state index in [1.165, 1.54) is 19.3 Å². The smallest absolute Gasteiger partial charge is 0.456 e. The highest BCUT2D eigenvalue weighted by Crippen LogP contribution is 2.60. The molecule has 0 spiro atoms. The van der Waals surface area contributed by atoms with Crippen LogP contribution in [0.15, 0.2) is 0 Å². The van der Waals surface area contributed by atoms with Gasteiger partial charge < -0.3 is 4.74 Å². The minimum atomic E-state index is -4.20. The molecule has 0 heterocycles. The molecule has 1 N–H and O–H groups in total. The molecule has 0 saturated heterocycles. The Hall–Kier alpha value is -0.430. The van der Waals surface area contributed by atoms with Crippen LogP contribution in [-0.2, 0) is 9.53 Å². The molecule has 0 aliphatic heterocycles. The lowest BCUT2D eigenvalue weighted by Gasteiger charge is -2.55. The number of esters is 1. The van der Waals surface area contributed by atoms with Crippen LogP contribution >= 0.6 is 11.9 Å². The second-order valence-electron chi connectivity index (χ2n) is 8.90. The van der Waals surface area contributed by atoms with E-state index in [4.69, 9.17) is 4.74 Å². The van der Waals surface area contributed by atoms with E-state index in [-0.39, 0.29) is 23.3 Å². The number of alkyl halides is 3. The second kappa shape index (κ2) is 9.38. The van der Waals surface area contributed by atoms with Crippen LogP contribution in [0.1, 0.15) is 77.0 Å². The molecule has 4 bridgehead atoms. The number of hydrogen-bond acceptors (Lipinski definition) is 4. The monoisotopic (exact) mass is 407 g/mol. The molecule has 0 aromatic heterocycles. The van der Waals surface area contributed by atoms with Gasteiger partial charge in [-0.2, -0.15) is 13.2 Å². The summed E-state index contributed by atoms with van der Waals surface area (Å²) >= 11 is -0.167. The Morgan fingerprint density at radius 3 is 2.00 bits per heavy atom. The van der Waals surface area contributed by atoms with Crippen molar-refractivity contribution in [3.8, 4) is 0 Å². The van der Waals surface area contributed by atoms with Crippen molar-refractivity contribution in [3.05, 3.63) is 0 Å². The molecule has 0 amide bonds. The molecule has 3 nitrogen and oxygen atoms in total. The quantitative estimate of drug-likeness (QED) is 0.265. The lowest BCUT2D eigenvalue weighted by molar-refractivity contribution is -0.171. The molecule has 4 aliphatic carbocycles. The SMILES string of the molecule is O=C(OCCCCCCCCNSC(F)(F)F)C12CC3CC(CC(C3)C1)C2. The Labute approximate surface area is 164 Å². The van der Waals surface area contributed by atoms with E-state index in [0.29, 0.717) is 13.2 Å². The van der Waals surface area contributed by atoms with E-state index in [0.717, 1.165) is 75.5 Å². The number of unbranched alkanes of at least 4 members (excludes halogenated alkanes) is 5. The van der Waals surface area contributed by atoms with Crippen molar-refractivity contribution in [2.75, 3.05) is 13.2 Å². The third kappa shape index (κ3) is 6.28. The topological polar surface area (TPSA) is 38.3 Å². The maximum absolute atomic E-state index is 12.7. The van der Waals surface area contributed by atoms with Crippen LogP contribution in [0.3, 0.4) is 0 Å². The summed E-state index contributed by atoms with van der Waals surface area (Å²) in [6.07, 6.45) is 12.8. The fourth-order valence-corrected chi connectivity index (χ4v) is 6.23. The maximum atomic E-state index is 12.7. The molecule has 4 saturated carbocycles. The van der Waals surface area contributed by atoms with Gasteiger partial charge in [0.15, 0.2) is 0 Å². The average molecular weight is 408 g/mol. The summed E-state index contributed by atoms with van der Waals surface area (Å²) in [5.74, 6) is 2.34. The largest absolute Gasteiger partial charge is 0.465 e. The van der Waals surface area contributed by atoms with Crippen molar-refractivity contribution in [2.24, 2.45) is 23.2 Å². The zero-order valence-corrected chi connectivity index (χ0v) is 16.8. The van der Waals surface area contributed by atoms with Gasteiger partial charge in [0.05, 0.1) is 12.0 Å². The predicted molar refractivity (Wildman–Crippen MR) is 101 cm³/mol. The van der Waals surface area contributed by atoms with Crippen LogP contribution in [-0.4, -0.2) is 24.6 Å². The summed E-state index contributed by atoms with van der Waals surface area (Å²) in [6, 6.07) is 0. The number of halogens is 3. The minimum absolute atomic E-state index is 0.0647. The number of ether oxygens (including phenoxy) is 1. The maximum Gasteiger partial charge on any atom is 0.456 e. The van der Waals surface area contributed by atoms with Gasteiger partial charge in [-0.3, -0.25) is 9.52 Å². The summed E-state index contributed by atoms with van der Waals surface area (Å²) in [5, 5.41) is 0. The number of hydrogen-bond donors (Lipinski definition) is 1. The third-order valence-corrected chi connectivity index (χ3v) is 7.15. The third-order valence-electron chi connectivity index (χ3n) is 6.57. The summed E-state index contributed by atoms with van der Waals surface area (Å²) < 4.78 is 43.8. The van der Waals surface area contributed by atoms with Crippen molar-refractivity contribution in [3.63, 3.8) is 0 Å². The highest BCUT2D eigenvalue weighted by molar-refractivity contribution is 7.98. The lowest BCUT2D eigenvalue weighted by Crippen LogP contribution is -2.50. The van der Waals surface area contributed by atoms with Gasteiger partial charge in [0.25, 0.3) is 0 Å². The highest BCUT2D eigenvalue weighted by atomic mass is 32.2. The van der Waals surface area contributed by atoms with Gasteiger partial charge in [0.1, 0.15) is 0 Å². The van der Waals surface area contributed by atoms with Gasteiger partial charge >= 0.3 is 11.5 Å². The Morgan fingerprint density at radius 2 is 1.44 bits per heavy atom. The van der Waals surface area contributed by atoms with E-state index in [1.54, 1.807) is 0 Å². The van der Waals surface area contributed by atoms with E-state index in [9.17, 15) is 18.0 Å². The summed E-state index contributed by atoms with van der Waals surface area (Å²) in [4.78, 5) is 12.7. The van der Waals surface area contributed by atoms with Gasteiger partial charge in [-0.25, -0.2) is 0 Å². The molecule has 0 radical (unpaired) electrons. The molecule has 0 unspecified atom stereocenters. The average Bonchev–Trinajstić information content (AvgIpc) is 2.57. The molecule has 7 heteroatoms. The van der Waals surface area contributed by atoms with Crippen LogP contribution in [0.2, 0.25) is 0 Å². The minimum Gasteiger partial charge on any atom is -0.465 e. The second-order valence-corrected chi connectivity index (χ2v) is 9.85. The van der Waals surface area contributed by atoms with Crippen molar-refractivity contribution < 1.29 is 22.7 Å². The van der Waals surface area contributed by atoms with E-state index < -0.39 is 5.51 Å². The van der Waals surface area contributed by atoms with E-state index >= 15 is 0 Å². The number of rotatable bonds is 11. The van der Waals surface area contributed by atoms with Crippen LogP contribution in [0.4, 0.5) is 13.2 Å². The van der Waals surface area contributed by atoms with Gasteiger partial charge in [0, 0.05) is 18.5 Å². The Balaban J connectivity index is 1.19. The predicted octanol–water partition coefficient (Wildman–Crippen LogP) is 5.84. The fourth-order valence-electron chi connectivity index (χ4n) is 5.82. The fraction of sp³-hybridized carbons (Fsp3) is 0.950. The van der Waals surface area contributed by atoms with Crippen molar-refractivity contribution in [2.45, 2.75) is 82.6 Å². The summed E-state index contributed by atoms with van der Waals surface area (Å²) in [5.41, 5.74) is -4.36. The molecule has 4 aliphatic rings. The van der Waals surface area contributed by atoms with Gasteiger partial charge in [-0.05, 0) is 69.1 Å². The number of carbonyl (C=O) groups excluding carboxylic acids is 1. The molecule has 0 aromatic rings. The normalized spacial score (nSPS) is 32.0. The van der Waals surface area contributed by atoms with Crippen LogP contribution in [0.25, 0.3) is 0 Å². The first-order valence-corrected chi connectivity index (χ1v) is 11.3. The first-order valence-electron chi connectivity index (χ1n) is 10.5. The molecule has 4 fully saturated rings. The molecule has 27 heavy (non-hydrogen) atoms. The number of nitrogens with one attached hydrogen (secondary N) is 1. The zero-order chi connectivity index (χ0) is 19.3. The van der Waals surface area contributed by atoms with Crippen LogP contribution in [0, 0.1) is 23.2 Å². The van der Waals surface area contributed by atoms with Crippen molar-refractivity contribution in [1.29, 1.82) is 0 Å². The van der Waals surface area contributed by atoms with Crippen molar-refractivity contribution in [1.82, 2.24) is 4.72 Å². The molecule has 4 rings (SSSR count). The number of carbonyl (C=O) groups is 1. The molecular weight excluding hydrogens is 375 g/mol. The first kappa shape index (κ1) is 21.3. The van der Waals surface area contributed by atoms with Gasteiger partial charge in [0.2, 0.25) is 0 Å². The Morgan fingerprint density at radius 1 is 0.926 bits per heavy atom. The van der Waals surface area contributed by atoms with E-state index in [2.05, 4.69) is 4.72 Å². The molecule has 0 atom stereocenters. The summed E-state index contributed by atoms with van der Waals surface area (Å²) in [6.45, 7) is 0.900. The highest BCUT2D eigenvalue weighted by Gasteiger charge is 2.55. The summed E-state index contributed by atoms with van der Waals surface area (Å²) in [7, 11) is 0. The molecular formula is C20H32F3NO2S. The van der Waals surface area contributed by atoms with Crippen LogP contribution < -0.4 is 4.72 Å². The van der Waals surface area contributed by atoms with Gasteiger partial charge in [-0.1, -0.05) is 25.7 Å². The molecule has 0 aromatic carbocycles. The van der Waals surface area contributed by atoms with Crippen LogP contribution in [0.5, 0.6) is 0 Å². The lowest BCUT2D eigenvalue weighted by atomic mass is 9.49. The Kier molecular flexibility index (Phi) is 7.39. The van der Waals surface area contributed by atoms with Crippen molar-refractivity contribution >= 4 is 17.9 Å². The van der Waals surface area contributed by atoms with Gasteiger partial charge in [-0.15, -0.1) is 0 Å². The molecule has 156 valence electrons. The zero-order valence-electron chi connectivity index (χ0n) is 16.0. The first-order chi connectivity index (χ1) is 12.9. The Bertz CT molecular complexity index is 463. The van der Waals surface area contributed by atoms with E-state index in [1.807, 2.05) is 0 Å².